The Hall–Kier alpha value is -3.68. The molecule has 29 heavy (non-hydrogen) atoms. The lowest BCUT2D eigenvalue weighted by Crippen LogP contribution is -2.42. The lowest BCUT2D eigenvalue weighted by molar-refractivity contribution is -0.144. The van der Waals surface area contributed by atoms with E-state index in [1.165, 1.54) is 13.8 Å². The molecule has 3 N–H and O–H groups in total. The van der Waals surface area contributed by atoms with Gasteiger partial charge in [-0.2, -0.15) is 0 Å². The van der Waals surface area contributed by atoms with Crippen LogP contribution in [0.15, 0.2) is 54.6 Å². The van der Waals surface area contributed by atoms with Crippen LogP contribution in [0, 0.1) is 0 Å². The third kappa shape index (κ3) is 7.45. The zero-order valence-electron chi connectivity index (χ0n) is 16.2. The number of ketones is 1. The number of para-hydroxylation sites is 1. The maximum absolute atomic E-state index is 12.2. The topological polar surface area (TPSA) is 114 Å². The van der Waals surface area contributed by atoms with Gasteiger partial charge in [0.05, 0.1) is 0 Å². The van der Waals surface area contributed by atoms with Crippen molar-refractivity contribution in [3.8, 4) is 0 Å². The number of benzene rings is 2. The van der Waals surface area contributed by atoms with Gasteiger partial charge < -0.3 is 20.7 Å². The standard InChI is InChI=1S/C21H23N3O5/c1-14(23-21(28)24-18-6-4-3-5-7-18)20(27)29-13-19(26)17-10-8-16(9-11-17)12-22-15(2)25/h3-11,14H,12-13H2,1-2H3,(H,22,25)(H2,23,24,28)/t14-/m0/s1. The minimum absolute atomic E-state index is 0.141. The van der Waals surface area contributed by atoms with E-state index < -0.39 is 24.6 Å². The van der Waals surface area contributed by atoms with Gasteiger partial charge in [0.2, 0.25) is 5.91 Å². The molecule has 0 radical (unpaired) electrons. The highest BCUT2D eigenvalue weighted by molar-refractivity contribution is 5.98. The summed E-state index contributed by atoms with van der Waals surface area (Å²) in [5, 5.41) is 7.70. The second-order valence-electron chi connectivity index (χ2n) is 6.32. The van der Waals surface area contributed by atoms with Crippen LogP contribution in [0.1, 0.15) is 29.8 Å². The van der Waals surface area contributed by atoms with E-state index in [4.69, 9.17) is 4.74 Å². The average Bonchev–Trinajstić information content (AvgIpc) is 2.71. The number of urea groups is 1. The molecule has 3 amide bonds. The maximum Gasteiger partial charge on any atom is 0.328 e. The van der Waals surface area contributed by atoms with Gasteiger partial charge >= 0.3 is 12.0 Å². The van der Waals surface area contributed by atoms with Crippen LogP contribution in [-0.2, 0) is 20.9 Å². The van der Waals surface area contributed by atoms with Crippen molar-refractivity contribution in [2.24, 2.45) is 0 Å². The SMILES string of the molecule is CC(=O)NCc1ccc(C(=O)COC(=O)[C@H](C)NC(=O)Nc2ccccc2)cc1. The fourth-order valence-electron chi connectivity index (χ4n) is 2.32. The molecule has 0 saturated heterocycles. The highest BCUT2D eigenvalue weighted by atomic mass is 16.5. The Bertz CT molecular complexity index is 866. The van der Waals surface area contributed by atoms with E-state index in [1.807, 2.05) is 6.07 Å². The quantitative estimate of drug-likeness (QED) is 0.467. The number of anilines is 1. The predicted octanol–water partition coefficient (Wildman–Crippen LogP) is 2.26. The van der Waals surface area contributed by atoms with Crippen molar-refractivity contribution in [3.05, 3.63) is 65.7 Å². The highest BCUT2D eigenvalue weighted by Crippen LogP contribution is 2.07. The second kappa shape index (κ2) is 10.6. The van der Waals surface area contributed by atoms with Gasteiger partial charge in [-0.3, -0.25) is 9.59 Å². The lowest BCUT2D eigenvalue weighted by Gasteiger charge is -2.14. The molecule has 2 rings (SSSR count). The Balaban J connectivity index is 1.77. The molecule has 0 bridgehead atoms. The third-order valence-electron chi connectivity index (χ3n) is 3.90. The number of nitrogens with one attached hydrogen (secondary N) is 3. The number of hydrogen-bond donors (Lipinski definition) is 3. The monoisotopic (exact) mass is 397 g/mol. The molecule has 0 fully saturated rings. The van der Waals surface area contributed by atoms with Gasteiger partial charge in [-0.25, -0.2) is 9.59 Å². The van der Waals surface area contributed by atoms with Gasteiger partial charge in [-0.15, -0.1) is 0 Å². The van der Waals surface area contributed by atoms with E-state index in [0.717, 1.165) is 5.56 Å². The fraction of sp³-hybridized carbons (Fsp3) is 0.238. The number of amides is 3. The minimum Gasteiger partial charge on any atom is -0.456 e. The maximum atomic E-state index is 12.2. The molecule has 2 aromatic carbocycles. The van der Waals surface area contributed by atoms with E-state index >= 15 is 0 Å². The molecule has 8 heteroatoms. The molecule has 0 aliphatic carbocycles. The van der Waals surface area contributed by atoms with E-state index in [0.29, 0.717) is 17.8 Å². The van der Waals surface area contributed by atoms with Gasteiger partial charge in [-0.1, -0.05) is 42.5 Å². The summed E-state index contributed by atoms with van der Waals surface area (Å²) in [6, 6.07) is 13.9. The molecule has 1 atom stereocenters. The fourth-order valence-corrected chi connectivity index (χ4v) is 2.32. The van der Waals surface area contributed by atoms with Crippen molar-refractivity contribution < 1.29 is 23.9 Å². The number of ether oxygens (including phenoxy) is 1. The lowest BCUT2D eigenvalue weighted by atomic mass is 10.1. The number of esters is 1. The van der Waals surface area contributed by atoms with Crippen LogP contribution >= 0.6 is 0 Å². The van der Waals surface area contributed by atoms with Crippen molar-refractivity contribution in [1.82, 2.24) is 10.6 Å². The van der Waals surface area contributed by atoms with Gasteiger partial charge in [0.15, 0.2) is 12.4 Å². The minimum atomic E-state index is -0.924. The van der Waals surface area contributed by atoms with Crippen LogP contribution in [0.4, 0.5) is 10.5 Å². The van der Waals surface area contributed by atoms with Crippen LogP contribution in [-0.4, -0.2) is 36.3 Å². The zero-order valence-corrected chi connectivity index (χ0v) is 16.2. The Kier molecular flexibility index (Phi) is 7.90. The molecule has 8 nitrogen and oxygen atoms in total. The normalized spacial score (nSPS) is 11.1. The summed E-state index contributed by atoms with van der Waals surface area (Å²) in [4.78, 5) is 47.0. The third-order valence-corrected chi connectivity index (χ3v) is 3.90. The summed E-state index contributed by atoms with van der Waals surface area (Å²) >= 11 is 0. The molecule has 2 aromatic rings. The molecule has 0 aromatic heterocycles. The van der Waals surface area contributed by atoms with Crippen molar-refractivity contribution in [1.29, 1.82) is 0 Å². The number of rotatable bonds is 8. The zero-order chi connectivity index (χ0) is 21.2. The molecule has 0 aliphatic heterocycles. The molecule has 0 spiro atoms. The van der Waals surface area contributed by atoms with E-state index in [-0.39, 0.29) is 11.7 Å². The van der Waals surface area contributed by atoms with E-state index in [9.17, 15) is 19.2 Å². The second-order valence-corrected chi connectivity index (χ2v) is 6.32. The summed E-state index contributed by atoms with van der Waals surface area (Å²) in [6.45, 7) is 2.82. The Morgan fingerprint density at radius 3 is 2.24 bits per heavy atom. The molecule has 0 saturated carbocycles. The van der Waals surface area contributed by atoms with Crippen LogP contribution in [0.5, 0.6) is 0 Å². The Morgan fingerprint density at radius 1 is 0.966 bits per heavy atom. The average molecular weight is 397 g/mol. The summed E-state index contributed by atoms with van der Waals surface area (Å²) in [7, 11) is 0. The summed E-state index contributed by atoms with van der Waals surface area (Å²) in [5.74, 6) is -1.23. The molecular formula is C21H23N3O5. The summed E-state index contributed by atoms with van der Waals surface area (Å²) < 4.78 is 4.99. The predicted molar refractivity (Wildman–Crippen MR) is 107 cm³/mol. The van der Waals surface area contributed by atoms with Crippen molar-refractivity contribution in [2.45, 2.75) is 26.4 Å². The highest BCUT2D eigenvalue weighted by Gasteiger charge is 2.18. The largest absolute Gasteiger partial charge is 0.456 e. The van der Waals surface area contributed by atoms with Gasteiger partial charge in [0, 0.05) is 24.7 Å². The number of carbonyl (C=O) groups excluding carboxylic acids is 4. The Labute approximate surface area is 168 Å². The van der Waals surface area contributed by atoms with E-state index in [1.54, 1.807) is 48.5 Å². The van der Waals surface area contributed by atoms with Crippen LogP contribution in [0.25, 0.3) is 0 Å². The molecule has 152 valence electrons. The number of Topliss-reactive ketones (excluding diaryl/α,β-unsaturated/α-hetero) is 1. The molecular weight excluding hydrogens is 374 g/mol. The smallest absolute Gasteiger partial charge is 0.328 e. The van der Waals surface area contributed by atoms with Crippen molar-refractivity contribution in [2.75, 3.05) is 11.9 Å². The molecule has 0 heterocycles. The van der Waals surface area contributed by atoms with Gasteiger partial charge in [0.1, 0.15) is 6.04 Å². The van der Waals surface area contributed by atoms with Gasteiger partial charge in [0.25, 0.3) is 0 Å². The first-order chi connectivity index (χ1) is 13.8. The van der Waals surface area contributed by atoms with Crippen LogP contribution in [0.2, 0.25) is 0 Å². The van der Waals surface area contributed by atoms with Gasteiger partial charge in [-0.05, 0) is 24.6 Å². The summed E-state index contributed by atoms with van der Waals surface area (Å²) in [6.07, 6.45) is 0. The van der Waals surface area contributed by atoms with Crippen LogP contribution < -0.4 is 16.0 Å². The van der Waals surface area contributed by atoms with Crippen LogP contribution in [0.3, 0.4) is 0 Å². The summed E-state index contributed by atoms with van der Waals surface area (Å²) in [5.41, 5.74) is 1.81. The molecule has 0 aliphatic rings. The number of hydrogen-bond acceptors (Lipinski definition) is 5. The first-order valence-corrected chi connectivity index (χ1v) is 9.01. The van der Waals surface area contributed by atoms with Crippen molar-refractivity contribution >= 4 is 29.4 Å². The van der Waals surface area contributed by atoms with E-state index in [2.05, 4.69) is 16.0 Å². The molecule has 0 unspecified atom stereocenters. The van der Waals surface area contributed by atoms with Crippen molar-refractivity contribution in [3.63, 3.8) is 0 Å². The first kappa shape index (κ1) is 21.6. The first-order valence-electron chi connectivity index (χ1n) is 9.01. The number of carbonyl (C=O) groups is 4. The Morgan fingerprint density at radius 2 is 1.62 bits per heavy atom.